The van der Waals surface area contributed by atoms with Crippen molar-refractivity contribution in [2.45, 2.75) is 33.7 Å². The third-order valence-electron chi connectivity index (χ3n) is 3.10. The molecule has 6 nitrogen and oxygen atoms in total. The lowest BCUT2D eigenvalue weighted by Gasteiger charge is -2.03. The monoisotopic (exact) mass is 340 g/mol. The van der Waals surface area contributed by atoms with Crippen molar-refractivity contribution < 1.29 is 9.32 Å². The number of aromatic nitrogens is 3. The molecule has 2 aromatic rings. The molecule has 20 heavy (non-hydrogen) atoms. The van der Waals surface area contributed by atoms with Crippen molar-refractivity contribution in [1.29, 1.82) is 0 Å². The number of nitrogens with zero attached hydrogens (tertiary/aromatic N) is 3. The van der Waals surface area contributed by atoms with Gasteiger partial charge in [-0.3, -0.25) is 9.48 Å². The molecule has 0 bridgehead atoms. The van der Waals surface area contributed by atoms with Gasteiger partial charge in [-0.1, -0.05) is 5.16 Å². The van der Waals surface area contributed by atoms with Crippen molar-refractivity contribution in [2.75, 3.05) is 6.54 Å². The van der Waals surface area contributed by atoms with E-state index in [2.05, 4.69) is 31.5 Å². The molecule has 0 saturated carbocycles. The van der Waals surface area contributed by atoms with Gasteiger partial charge < -0.3 is 9.84 Å². The van der Waals surface area contributed by atoms with Gasteiger partial charge in [0.1, 0.15) is 5.76 Å². The van der Waals surface area contributed by atoms with Crippen LogP contribution in [0.2, 0.25) is 0 Å². The van der Waals surface area contributed by atoms with Gasteiger partial charge in [0.15, 0.2) is 5.69 Å². The standard InChI is InChI=1S/C13H17BrN4O2/c1-4-18-7-11(14)12(16-18)13(19)15-6-5-10-8(2)17-20-9(10)3/h7H,4-6H2,1-3H3,(H,15,19). The number of halogens is 1. The number of amides is 1. The molecular weight excluding hydrogens is 324 g/mol. The predicted molar refractivity (Wildman–Crippen MR) is 77.6 cm³/mol. The van der Waals surface area contributed by atoms with E-state index in [-0.39, 0.29) is 5.91 Å². The van der Waals surface area contributed by atoms with Gasteiger partial charge in [-0.15, -0.1) is 0 Å². The lowest BCUT2D eigenvalue weighted by Crippen LogP contribution is -2.26. The molecule has 2 heterocycles. The molecule has 0 spiro atoms. The zero-order valence-electron chi connectivity index (χ0n) is 11.7. The first-order valence-electron chi connectivity index (χ1n) is 6.45. The van der Waals surface area contributed by atoms with E-state index in [9.17, 15) is 4.79 Å². The van der Waals surface area contributed by atoms with Crippen molar-refractivity contribution in [3.05, 3.63) is 33.4 Å². The van der Waals surface area contributed by atoms with Gasteiger partial charge in [-0.25, -0.2) is 0 Å². The molecule has 0 aliphatic heterocycles. The number of carbonyl (C=O) groups excluding carboxylic acids is 1. The number of hydrogen-bond acceptors (Lipinski definition) is 4. The lowest BCUT2D eigenvalue weighted by molar-refractivity contribution is 0.0947. The van der Waals surface area contributed by atoms with Crippen LogP contribution in [-0.4, -0.2) is 27.4 Å². The average Bonchev–Trinajstić information content (AvgIpc) is 2.95. The van der Waals surface area contributed by atoms with Crippen molar-refractivity contribution in [2.24, 2.45) is 0 Å². The second kappa shape index (κ2) is 6.21. The number of aryl methyl sites for hydroxylation is 3. The Labute approximate surface area is 125 Å². The summed E-state index contributed by atoms with van der Waals surface area (Å²) in [5, 5.41) is 11.0. The van der Waals surface area contributed by atoms with Crippen molar-refractivity contribution in [3.8, 4) is 0 Å². The quantitative estimate of drug-likeness (QED) is 0.905. The van der Waals surface area contributed by atoms with E-state index < -0.39 is 0 Å². The van der Waals surface area contributed by atoms with Crippen LogP contribution in [-0.2, 0) is 13.0 Å². The Hall–Kier alpha value is -1.63. The van der Waals surface area contributed by atoms with E-state index >= 15 is 0 Å². The van der Waals surface area contributed by atoms with Crippen LogP contribution in [0.4, 0.5) is 0 Å². The number of nitrogens with one attached hydrogen (secondary N) is 1. The molecule has 1 N–H and O–H groups in total. The Morgan fingerprint density at radius 2 is 2.25 bits per heavy atom. The Balaban J connectivity index is 1.94. The van der Waals surface area contributed by atoms with Gasteiger partial charge in [-0.2, -0.15) is 5.10 Å². The molecule has 2 rings (SSSR count). The minimum absolute atomic E-state index is 0.184. The summed E-state index contributed by atoms with van der Waals surface area (Å²) in [7, 11) is 0. The van der Waals surface area contributed by atoms with Gasteiger partial charge in [-0.05, 0) is 43.1 Å². The molecule has 0 aliphatic carbocycles. The highest BCUT2D eigenvalue weighted by Crippen LogP contribution is 2.15. The SMILES string of the molecule is CCn1cc(Br)c(C(=O)NCCc2c(C)noc2C)n1. The van der Waals surface area contributed by atoms with Gasteiger partial charge >= 0.3 is 0 Å². The van der Waals surface area contributed by atoms with Gasteiger partial charge in [0.05, 0.1) is 10.2 Å². The molecule has 2 aromatic heterocycles. The lowest BCUT2D eigenvalue weighted by atomic mass is 10.1. The molecule has 0 saturated heterocycles. The summed E-state index contributed by atoms with van der Waals surface area (Å²) in [4.78, 5) is 12.0. The normalized spacial score (nSPS) is 10.8. The van der Waals surface area contributed by atoms with Crippen molar-refractivity contribution >= 4 is 21.8 Å². The Bertz CT molecular complexity index is 598. The van der Waals surface area contributed by atoms with Crippen LogP contribution in [0, 0.1) is 13.8 Å². The van der Waals surface area contributed by atoms with Crippen LogP contribution in [0.25, 0.3) is 0 Å². The number of carbonyl (C=O) groups is 1. The zero-order chi connectivity index (χ0) is 14.7. The molecule has 1 amide bonds. The Morgan fingerprint density at radius 3 is 2.80 bits per heavy atom. The number of rotatable bonds is 5. The van der Waals surface area contributed by atoms with E-state index in [1.54, 1.807) is 10.9 Å². The summed E-state index contributed by atoms with van der Waals surface area (Å²) in [6.45, 7) is 6.99. The maximum atomic E-state index is 12.0. The van der Waals surface area contributed by atoms with Crippen molar-refractivity contribution in [1.82, 2.24) is 20.3 Å². The summed E-state index contributed by atoms with van der Waals surface area (Å²) in [6, 6.07) is 0. The topological polar surface area (TPSA) is 73.0 Å². The Kier molecular flexibility index (Phi) is 4.59. The molecule has 0 aromatic carbocycles. The second-order valence-corrected chi connectivity index (χ2v) is 5.34. The van der Waals surface area contributed by atoms with Gasteiger partial charge in [0, 0.05) is 24.8 Å². The third-order valence-corrected chi connectivity index (χ3v) is 3.68. The summed E-state index contributed by atoms with van der Waals surface area (Å²) in [6.07, 6.45) is 2.49. The molecule has 0 radical (unpaired) electrons. The van der Waals surface area contributed by atoms with Crippen LogP contribution in [0.5, 0.6) is 0 Å². The van der Waals surface area contributed by atoms with E-state index in [1.807, 2.05) is 20.8 Å². The minimum Gasteiger partial charge on any atom is -0.361 e. The Morgan fingerprint density at radius 1 is 1.50 bits per heavy atom. The summed E-state index contributed by atoms with van der Waals surface area (Å²) >= 11 is 3.34. The van der Waals surface area contributed by atoms with Crippen LogP contribution in [0.15, 0.2) is 15.2 Å². The fourth-order valence-electron chi connectivity index (χ4n) is 1.96. The molecule has 0 fully saturated rings. The predicted octanol–water partition coefficient (Wildman–Crippen LogP) is 2.24. The van der Waals surface area contributed by atoms with Crippen LogP contribution in [0.1, 0.15) is 34.4 Å². The first kappa shape index (κ1) is 14.8. The minimum atomic E-state index is -0.184. The fraction of sp³-hybridized carbons (Fsp3) is 0.462. The van der Waals surface area contributed by atoms with E-state index in [0.717, 1.165) is 23.6 Å². The summed E-state index contributed by atoms with van der Waals surface area (Å²) in [5.41, 5.74) is 2.32. The summed E-state index contributed by atoms with van der Waals surface area (Å²) in [5.74, 6) is 0.615. The molecule has 108 valence electrons. The average molecular weight is 341 g/mol. The third kappa shape index (κ3) is 3.09. The summed E-state index contributed by atoms with van der Waals surface area (Å²) < 4.78 is 7.51. The largest absolute Gasteiger partial charge is 0.361 e. The van der Waals surface area contributed by atoms with Crippen LogP contribution in [0.3, 0.4) is 0 Å². The zero-order valence-corrected chi connectivity index (χ0v) is 13.3. The molecule has 7 heteroatoms. The molecule has 0 unspecified atom stereocenters. The van der Waals surface area contributed by atoms with Crippen LogP contribution < -0.4 is 5.32 Å². The highest BCUT2D eigenvalue weighted by molar-refractivity contribution is 9.10. The maximum absolute atomic E-state index is 12.0. The molecule has 0 atom stereocenters. The van der Waals surface area contributed by atoms with Gasteiger partial charge in [0.25, 0.3) is 5.91 Å². The number of hydrogen-bond donors (Lipinski definition) is 1. The second-order valence-electron chi connectivity index (χ2n) is 4.49. The maximum Gasteiger partial charge on any atom is 0.272 e. The highest BCUT2D eigenvalue weighted by Gasteiger charge is 2.15. The van der Waals surface area contributed by atoms with E-state index in [0.29, 0.717) is 23.1 Å². The first-order valence-corrected chi connectivity index (χ1v) is 7.25. The van der Waals surface area contributed by atoms with E-state index in [4.69, 9.17) is 4.52 Å². The fourth-order valence-corrected chi connectivity index (χ4v) is 2.45. The first-order chi connectivity index (χ1) is 9.52. The highest BCUT2D eigenvalue weighted by atomic mass is 79.9. The van der Waals surface area contributed by atoms with E-state index in [1.165, 1.54) is 0 Å². The molecular formula is C13H17BrN4O2. The van der Waals surface area contributed by atoms with Gasteiger partial charge in [0.2, 0.25) is 0 Å². The van der Waals surface area contributed by atoms with Crippen molar-refractivity contribution in [3.63, 3.8) is 0 Å². The molecule has 0 aliphatic rings. The smallest absolute Gasteiger partial charge is 0.272 e. The van der Waals surface area contributed by atoms with Crippen LogP contribution >= 0.6 is 15.9 Å².